The van der Waals surface area contributed by atoms with Gasteiger partial charge in [-0.15, -0.1) is 0 Å². The van der Waals surface area contributed by atoms with E-state index < -0.39 is 25.3 Å². The summed E-state index contributed by atoms with van der Waals surface area (Å²) >= 11 is 0. The van der Waals surface area contributed by atoms with E-state index >= 15 is 0 Å². The molecule has 0 spiro atoms. The van der Waals surface area contributed by atoms with E-state index in [1.54, 1.807) is 0 Å². The fraction of sp³-hybridized carbons (Fsp3) is 0.556. The van der Waals surface area contributed by atoms with Crippen molar-refractivity contribution in [3.05, 3.63) is 35.9 Å². The van der Waals surface area contributed by atoms with Crippen LogP contribution in [-0.2, 0) is 25.3 Å². The summed E-state index contributed by atoms with van der Waals surface area (Å²) in [5.41, 5.74) is 1.21. The van der Waals surface area contributed by atoms with Gasteiger partial charge in [0.1, 0.15) is 6.04 Å². The predicted molar refractivity (Wildman–Crippen MR) is 95.7 cm³/mol. The highest BCUT2D eigenvalue weighted by Crippen LogP contribution is 2.42. The number of ether oxygens (including phenoxy) is 1. The third-order valence-corrected chi connectivity index (χ3v) is 6.23. The van der Waals surface area contributed by atoms with Crippen molar-refractivity contribution in [2.24, 2.45) is 0 Å². The Bertz CT molecular complexity index is 613. The van der Waals surface area contributed by atoms with Crippen LogP contribution in [0.15, 0.2) is 30.3 Å². The van der Waals surface area contributed by atoms with E-state index in [9.17, 15) is 19.0 Å². The van der Waals surface area contributed by atoms with E-state index in [1.165, 1.54) is 5.56 Å². The van der Waals surface area contributed by atoms with Gasteiger partial charge in [-0.1, -0.05) is 30.3 Å². The van der Waals surface area contributed by atoms with Crippen LogP contribution in [-0.4, -0.2) is 41.7 Å². The maximum Gasteiger partial charge on any atom is 0.330 e. The maximum atomic E-state index is 12.1. The number of hydrogen-bond acceptors (Lipinski definition) is 5. The van der Waals surface area contributed by atoms with Gasteiger partial charge in [0.2, 0.25) is 7.37 Å². The molecule has 138 valence electrons. The van der Waals surface area contributed by atoms with Crippen LogP contribution in [0.3, 0.4) is 0 Å². The summed E-state index contributed by atoms with van der Waals surface area (Å²) in [6, 6.07) is 9.54. The highest BCUT2D eigenvalue weighted by atomic mass is 31.2. The molecule has 0 amide bonds. The second kappa shape index (κ2) is 9.85. The van der Waals surface area contributed by atoms with E-state index in [0.717, 1.165) is 25.8 Å². The Morgan fingerprint density at radius 2 is 1.96 bits per heavy atom. The first-order valence-electron chi connectivity index (χ1n) is 8.79. The summed E-state index contributed by atoms with van der Waals surface area (Å²) in [5, 5.41) is 2.95. The average molecular weight is 367 g/mol. The zero-order valence-corrected chi connectivity index (χ0v) is 15.2. The van der Waals surface area contributed by atoms with Crippen LogP contribution in [0.1, 0.15) is 37.7 Å². The molecule has 0 aliphatic carbocycles. The van der Waals surface area contributed by atoms with Crippen molar-refractivity contribution in [2.75, 3.05) is 18.9 Å². The van der Waals surface area contributed by atoms with Gasteiger partial charge in [-0.05, 0) is 44.2 Å². The Morgan fingerprint density at radius 1 is 1.20 bits per heavy atom. The molecule has 1 saturated heterocycles. The van der Waals surface area contributed by atoms with Gasteiger partial charge < -0.3 is 14.9 Å². The zero-order chi connectivity index (χ0) is 18.1. The Balaban J connectivity index is 1.62. The molecule has 1 fully saturated rings. The first-order valence-corrected chi connectivity index (χ1v) is 10.8. The molecule has 2 atom stereocenters. The molecule has 1 aliphatic rings. The molecule has 1 aromatic rings. The van der Waals surface area contributed by atoms with Gasteiger partial charge in [-0.3, -0.25) is 9.36 Å². The van der Waals surface area contributed by atoms with Gasteiger partial charge >= 0.3 is 11.9 Å². The van der Waals surface area contributed by atoms with E-state index in [4.69, 9.17) is 4.74 Å². The number of unbranched alkanes of at least 4 members (excludes halogenated alkanes) is 1. The van der Waals surface area contributed by atoms with E-state index in [2.05, 4.69) is 5.32 Å². The molecule has 1 aliphatic heterocycles. The first-order chi connectivity index (χ1) is 12.0. The molecule has 0 radical (unpaired) electrons. The molecule has 2 rings (SSSR count). The number of benzene rings is 1. The molecule has 6 nitrogen and oxygen atoms in total. The van der Waals surface area contributed by atoms with Crippen molar-refractivity contribution < 1.29 is 23.8 Å². The molecular formula is C18H26NO5P. The molecule has 0 saturated carbocycles. The number of nitrogens with one attached hydrogen (secondary N) is 1. The summed E-state index contributed by atoms with van der Waals surface area (Å²) in [6.45, 7) is 0.739. The monoisotopic (exact) mass is 367 g/mol. The van der Waals surface area contributed by atoms with E-state index in [-0.39, 0.29) is 18.7 Å². The molecule has 2 N–H and O–H groups in total. The van der Waals surface area contributed by atoms with Crippen LogP contribution in [0.2, 0.25) is 0 Å². The molecule has 25 heavy (non-hydrogen) atoms. The number of esters is 2. The number of carbonyl (C=O) groups is 2. The quantitative estimate of drug-likeness (QED) is 0.301. The van der Waals surface area contributed by atoms with Crippen molar-refractivity contribution >= 4 is 19.3 Å². The highest BCUT2D eigenvalue weighted by Gasteiger charge is 2.26. The van der Waals surface area contributed by atoms with Crippen molar-refractivity contribution in [1.82, 2.24) is 5.32 Å². The third-order valence-electron chi connectivity index (χ3n) is 4.29. The van der Waals surface area contributed by atoms with E-state index in [1.807, 2.05) is 30.3 Å². The lowest BCUT2D eigenvalue weighted by molar-refractivity contribution is -0.160. The summed E-state index contributed by atoms with van der Waals surface area (Å²) in [5.74, 6) is -1.31. The SMILES string of the molecule is O=C(CCP(=O)(O)CCCCc1ccccc1)OC(=O)[C@@H]1CCCN1. The zero-order valence-electron chi connectivity index (χ0n) is 14.4. The second-order valence-corrected chi connectivity index (χ2v) is 9.02. The Hall–Kier alpha value is -1.49. The number of hydrogen-bond donors (Lipinski definition) is 2. The van der Waals surface area contributed by atoms with E-state index in [0.29, 0.717) is 12.8 Å². The van der Waals surface area contributed by atoms with Crippen molar-refractivity contribution in [3.63, 3.8) is 0 Å². The summed E-state index contributed by atoms with van der Waals surface area (Å²) in [6.07, 6.45) is 3.70. The standard InChI is InChI=1S/C18H26NO5P/c20-17(24-18(21)16-10-6-12-19-16)11-14-25(22,23)13-5-4-9-15-7-2-1-3-8-15/h1-3,7-8,16,19H,4-6,9-14H2,(H,22,23)/t16-/m0/s1. The summed E-state index contributed by atoms with van der Waals surface area (Å²) < 4.78 is 16.9. The van der Waals surface area contributed by atoms with Crippen LogP contribution in [0.25, 0.3) is 0 Å². The van der Waals surface area contributed by atoms with Gasteiger partial charge in [0.05, 0.1) is 6.42 Å². The minimum Gasteiger partial charge on any atom is -0.392 e. The topological polar surface area (TPSA) is 92.7 Å². The van der Waals surface area contributed by atoms with Gasteiger partial charge in [-0.2, -0.15) is 0 Å². The lowest BCUT2D eigenvalue weighted by Gasteiger charge is -2.12. The maximum absolute atomic E-state index is 12.1. The number of carbonyl (C=O) groups excluding carboxylic acids is 2. The molecule has 1 unspecified atom stereocenters. The smallest absolute Gasteiger partial charge is 0.330 e. The van der Waals surface area contributed by atoms with Crippen molar-refractivity contribution in [2.45, 2.75) is 44.6 Å². The van der Waals surface area contributed by atoms with Gasteiger partial charge in [0.25, 0.3) is 0 Å². The predicted octanol–water partition coefficient (Wildman–Crippen LogP) is 2.49. The van der Waals surface area contributed by atoms with Crippen LogP contribution in [0.5, 0.6) is 0 Å². The lowest BCUT2D eigenvalue weighted by atomic mass is 10.1. The van der Waals surface area contributed by atoms with Gasteiger partial charge in [0, 0.05) is 12.3 Å². The van der Waals surface area contributed by atoms with Crippen molar-refractivity contribution in [1.29, 1.82) is 0 Å². The molecule has 0 aromatic heterocycles. The normalized spacial score (nSPS) is 19.3. The lowest BCUT2D eigenvalue weighted by Crippen LogP contribution is -2.33. The fourth-order valence-electron chi connectivity index (χ4n) is 2.83. The minimum atomic E-state index is -3.36. The van der Waals surface area contributed by atoms with Crippen LogP contribution >= 0.6 is 7.37 Å². The minimum absolute atomic E-state index is 0.136. The number of aryl methyl sites for hydroxylation is 1. The summed E-state index contributed by atoms with van der Waals surface area (Å²) in [4.78, 5) is 33.3. The number of rotatable bonds is 9. The van der Waals surface area contributed by atoms with Crippen molar-refractivity contribution in [3.8, 4) is 0 Å². The third kappa shape index (κ3) is 7.51. The molecular weight excluding hydrogens is 341 g/mol. The molecule has 1 heterocycles. The second-order valence-electron chi connectivity index (χ2n) is 6.43. The Kier molecular flexibility index (Phi) is 7.82. The van der Waals surface area contributed by atoms with Gasteiger partial charge in [-0.25, -0.2) is 4.79 Å². The molecule has 7 heteroatoms. The fourth-order valence-corrected chi connectivity index (χ4v) is 4.30. The Morgan fingerprint density at radius 3 is 2.64 bits per heavy atom. The van der Waals surface area contributed by atoms with Crippen LogP contribution in [0.4, 0.5) is 0 Å². The molecule has 1 aromatic carbocycles. The highest BCUT2D eigenvalue weighted by molar-refractivity contribution is 7.58. The largest absolute Gasteiger partial charge is 0.392 e. The average Bonchev–Trinajstić information content (AvgIpc) is 3.13. The van der Waals surface area contributed by atoms with Gasteiger partial charge in [0.15, 0.2) is 0 Å². The summed E-state index contributed by atoms with van der Waals surface area (Å²) in [7, 11) is -3.36. The van der Waals surface area contributed by atoms with Crippen LogP contribution < -0.4 is 5.32 Å². The Labute approximate surface area is 148 Å². The van der Waals surface area contributed by atoms with Crippen LogP contribution in [0, 0.1) is 0 Å². The molecule has 0 bridgehead atoms. The first kappa shape index (κ1) is 19.8.